The number of hydrogen-bond donors (Lipinski definition) is 2. The van der Waals surface area contributed by atoms with Crippen LogP contribution < -0.4 is 15.5 Å². The van der Waals surface area contributed by atoms with E-state index in [9.17, 15) is 14.4 Å². The van der Waals surface area contributed by atoms with Crippen LogP contribution in [0.2, 0.25) is 0 Å². The Balaban J connectivity index is 1.73. The zero-order valence-electron chi connectivity index (χ0n) is 15.6. The molecule has 1 atom stereocenters. The fraction of sp³-hybridized carbons (Fsp3) is 0.550. The summed E-state index contributed by atoms with van der Waals surface area (Å²) in [6.45, 7) is 2.74. The lowest BCUT2D eigenvalue weighted by atomic mass is 9.80. The van der Waals surface area contributed by atoms with Gasteiger partial charge in [-0.05, 0) is 47.8 Å². The van der Waals surface area contributed by atoms with Gasteiger partial charge in [0.1, 0.15) is 5.54 Å². The average molecular weight is 436 g/mol. The van der Waals surface area contributed by atoms with Crippen molar-refractivity contribution in [3.63, 3.8) is 0 Å². The zero-order chi connectivity index (χ0) is 19.4. The molecule has 2 fully saturated rings. The number of para-hydroxylation sites is 1. The van der Waals surface area contributed by atoms with Crippen LogP contribution in [0.4, 0.5) is 5.69 Å². The number of rotatable bonds is 5. The molecule has 6 nitrogen and oxygen atoms in total. The van der Waals surface area contributed by atoms with Crippen LogP contribution in [0.5, 0.6) is 0 Å². The Morgan fingerprint density at radius 1 is 1.22 bits per heavy atom. The first-order valence-corrected chi connectivity index (χ1v) is 10.4. The lowest BCUT2D eigenvalue weighted by molar-refractivity contribution is -0.136. The predicted octanol–water partition coefficient (Wildman–Crippen LogP) is 2.76. The number of nitrogens with one attached hydrogen (secondary N) is 2. The fourth-order valence-electron chi connectivity index (χ4n) is 4.02. The second-order valence-electron chi connectivity index (χ2n) is 7.35. The molecular formula is C20H26BrN3O3. The fourth-order valence-corrected chi connectivity index (χ4v) is 4.52. The molecule has 1 aromatic rings. The van der Waals surface area contributed by atoms with Gasteiger partial charge in [-0.3, -0.25) is 14.4 Å². The number of halogens is 1. The van der Waals surface area contributed by atoms with E-state index in [1.54, 1.807) is 4.90 Å². The Bertz CT molecular complexity index is 731. The van der Waals surface area contributed by atoms with Crippen molar-refractivity contribution in [2.75, 3.05) is 18.0 Å². The van der Waals surface area contributed by atoms with Gasteiger partial charge in [0.05, 0.1) is 11.6 Å². The highest BCUT2D eigenvalue weighted by molar-refractivity contribution is 9.10. The quantitative estimate of drug-likeness (QED) is 0.745. The van der Waals surface area contributed by atoms with Crippen molar-refractivity contribution < 1.29 is 14.4 Å². The maximum Gasteiger partial charge on any atom is 0.245 e. The maximum atomic E-state index is 13.0. The molecule has 1 aliphatic carbocycles. The van der Waals surface area contributed by atoms with E-state index in [2.05, 4.69) is 26.6 Å². The molecule has 3 rings (SSSR count). The second kappa shape index (κ2) is 8.42. The smallest absolute Gasteiger partial charge is 0.245 e. The molecular weight excluding hydrogens is 410 g/mol. The van der Waals surface area contributed by atoms with Crippen molar-refractivity contribution >= 4 is 39.3 Å². The minimum Gasteiger partial charge on any atom is -0.354 e. The van der Waals surface area contributed by atoms with Crippen molar-refractivity contribution in [2.24, 2.45) is 5.92 Å². The van der Waals surface area contributed by atoms with Gasteiger partial charge in [-0.15, -0.1) is 0 Å². The summed E-state index contributed by atoms with van der Waals surface area (Å²) in [6, 6.07) is 7.49. The van der Waals surface area contributed by atoms with Crippen molar-refractivity contribution in [1.82, 2.24) is 10.6 Å². The standard InChI is InChI=1S/C20H26BrN3O3/c1-2-22-19(27)20(10-6-3-7-11-20)23-18(26)14-12-17(25)24(13-14)16-9-5-4-8-15(16)21/h4-5,8-9,14H,2-3,6-7,10-13H2,1H3,(H,22,27)(H,23,26). The summed E-state index contributed by atoms with van der Waals surface area (Å²) in [5.41, 5.74) is -0.0660. The third kappa shape index (κ3) is 4.18. The minimum atomic E-state index is -0.838. The molecule has 1 saturated heterocycles. The van der Waals surface area contributed by atoms with Crippen LogP contribution in [0.1, 0.15) is 45.4 Å². The molecule has 2 N–H and O–H groups in total. The van der Waals surface area contributed by atoms with E-state index < -0.39 is 11.5 Å². The third-order valence-electron chi connectivity index (χ3n) is 5.48. The van der Waals surface area contributed by atoms with E-state index in [1.165, 1.54) is 0 Å². The number of likely N-dealkylation sites (N-methyl/N-ethyl adjacent to an activating group) is 1. The summed E-state index contributed by atoms with van der Waals surface area (Å²) in [7, 11) is 0. The van der Waals surface area contributed by atoms with Gasteiger partial charge in [-0.1, -0.05) is 31.4 Å². The summed E-state index contributed by atoms with van der Waals surface area (Å²) in [6.07, 6.45) is 4.39. The molecule has 2 aliphatic rings. The summed E-state index contributed by atoms with van der Waals surface area (Å²) in [4.78, 5) is 39.8. The normalized spacial score (nSPS) is 21.8. The molecule has 1 saturated carbocycles. The van der Waals surface area contributed by atoms with Crippen molar-refractivity contribution in [1.29, 1.82) is 0 Å². The molecule has 1 aromatic carbocycles. The summed E-state index contributed by atoms with van der Waals surface area (Å²) < 4.78 is 0.825. The van der Waals surface area contributed by atoms with Gasteiger partial charge in [0.25, 0.3) is 0 Å². The van der Waals surface area contributed by atoms with E-state index in [0.29, 0.717) is 25.9 Å². The number of anilines is 1. The Morgan fingerprint density at radius 3 is 2.59 bits per heavy atom. The number of hydrogen-bond acceptors (Lipinski definition) is 3. The Morgan fingerprint density at radius 2 is 1.93 bits per heavy atom. The number of amides is 3. The highest BCUT2D eigenvalue weighted by atomic mass is 79.9. The summed E-state index contributed by atoms with van der Waals surface area (Å²) >= 11 is 3.47. The highest BCUT2D eigenvalue weighted by Gasteiger charge is 2.44. The maximum absolute atomic E-state index is 13.0. The molecule has 1 unspecified atom stereocenters. The molecule has 0 radical (unpaired) electrons. The molecule has 3 amide bonds. The first-order valence-electron chi connectivity index (χ1n) is 9.62. The number of nitrogens with zero attached hydrogens (tertiary/aromatic N) is 1. The van der Waals surface area contributed by atoms with Gasteiger partial charge in [-0.25, -0.2) is 0 Å². The van der Waals surface area contributed by atoms with E-state index in [-0.39, 0.29) is 24.1 Å². The number of benzene rings is 1. The average Bonchev–Trinajstić information content (AvgIpc) is 3.05. The van der Waals surface area contributed by atoms with E-state index in [4.69, 9.17) is 0 Å². The van der Waals surface area contributed by atoms with Gasteiger partial charge >= 0.3 is 0 Å². The molecule has 27 heavy (non-hydrogen) atoms. The molecule has 0 bridgehead atoms. The van der Waals surface area contributed by atoms with Crippen molar-refractivity contribution in [2.45, 2.75) is 51.0 Å². The first-order chi connectivity index (χ1) is 13.0. The Kier molecular flexibility index (Phi) is 6.19. The molecule has 0 aromatic heterocycles. The Labute approximate surface area is 168 Å². The minimum absolute atomic E-state index is 0.0715. The first kappa shape index (κ1) is 19.9. The van der Waals surface area contributed by atoms with E-state index in [0.717, 1.165) is 29.4 Å². The van der Waals surface area contributed by atoms with Crippen LogP contribution in [-0.4, -0.2) is 36.3 Å². The van der Waals surface area contributed by atoms with Gasteiger partial charge in [0.15, 0.2) is 0 Å². The number of carbonyl (C=O) groups excluding carboxylic acids is 3. The van der Waals surface area contributed by atoms with Crippen LogP contribution in [0, 0.1) is 5.92 Å². The van der Waals surface area contributed by atoms with Crippen molar-refractivity contribution in [3.05, 3.63) is 28.7 Å². The van der Waals surface area contributed by atoms with Gasteiger partial charge in [0, 0.05) is 24.0 Å². The van der Waals surface area contributed by atoms with E-state index in [1.807, 2.05) is 31.2 Å². The van der Waals surface area contributed by atoms with Crippen LogP contribution in [0.25, 0.3) is 0 Å². The zero-order valence-corrected chi connectivity index (χ0v) is 17.2. The second-order valence-corrected chi connectivity index (χ2v) is 8.20. The van der Waals surface area contributed by atoms with Crippen molar-refractivity contribution in [3.8, 4) is 0 Å². The lowest BCUT2D eigenvalue weighted by Crippen LogP contribution is -2.60. The SMILES string of the molecule is CCNC(=O)C1(NC(=O)C2CC(=O)N(c3ccccc3Br)C2)CCCCC1. The van der Waals surface area contributed by atoms with Gasteiger partial charge in [0.2, 0.25) is 17.7 Å². The van der Waals surface area contributed by atoms with Gasteiger partial charge < -0.3 is 15.5 Å². The molecule has 1 heterocycles. The van der Waals surface area contributed by atoms with Gasteiger partial charge in [-0.2, -0.15) is 0 Å². The molecule has 0 spiro atoms. The van der Waals surface area contributed by atoms with Crippen LogP contribution in [-0.2, 0) is 14.4 Å². The topological polar surface area (TPSA) is 78.5 Å². The summed E-state index contributed by atoms with van der Waals surface area (Å²) in [5, 5.41) is 5.89. The molecule has 146 valence electrons. The highest BCUT2D eigenvalue weighted by Crippen LogP contribution is 2.33. The monoisotopic (exact) mass is 435 g/mol. The van der Waals surface area contributed by atoms with Crippen LogP contribution in [0.3, 0.4) is 0 Å². The van der Waals surface area contributed by atoms with Crippen LogP contribution in [0.15, 0.2) is 28.7 Å². The number of carbonyl (C=O) groups is 3. The molecule has 7 heteroatoms. The third-order valence-corrected chi connectivity index (χ3v) is 6.15. The molecule has 1 aliphatic heterocycles. The van der Waals surface area contributed by atoms with E-state index >= 15 is 0 Å². The largest absolute Gasteiger partial charge is 0.354 e. The van der Waals surface area contributed by atoms with Crippen LogP contribution >= 0.6 is 15.9 Å². The summed E-state index contributed by atoms with van der Waals surface area (Å²) in [5.74, 6) is -0.827. The lowest BCUT2D eigenvalue weighted by Gasteiger charge is -2.37. The Hall–Kier alpha value is -1.89. The predicted molar refractivity (Wildman–Crippen MR) is 107 cm³/mol.